The average Bonchev–Trinajstić information content (AvgIpc) is 2.61. The molecule has 2 aliphatic rings. The minimum Gasteiger partial charge on any atom is -0.373 e. The molecule has 128 valence electrons. The SMILES string of the molecule is Cc1ccc(S(=O)(=O)N2CC[C@@H]3OCCO[C@H]3C2)c2ccccc12. The van der Waals surface area contributed by atoms with Gasteiger partial charge in [-0.2, -0.15) is 4.31 Å². The Kier molecular flexibility index (Phi) is 4.08. The minimum atomic E-state index is -3.56. The molecule has 0 unspecified atom stereocenters. The number of benzene rings is 2. The second kappa shape index (κ2) is 6.11. The Morgan fingerprint density at radius 3 is 2.50 bits per heavy atom. The molecule has 5 nitrogen and oxygen atoms in total. The highest BCUT2D eigenvalue weighted by atomic mass is 32.2. The Bertz CT molecular complexity index is 864. The molecule has 0 radical (unpaired) electrons. The number of aryl methyl sites for hydroxylation is 1. The third-order valence-corrected chi connectivity index (χ3v) is 6.85. The van der Waals surface area contributed by atoms with Crippen LogP contribution in [0.1, 0.15) is 12.0 Å². The molecule has 2 heterocycles. The Morgan fingerprint density at radius 2 is 1.71 bits per heavy atom. The van der Waals surface area contributed by atoms with Crippen molar-refractivity contribution in [2.24, 2.45) is 0 Å². The van der Waals surface area contributed by atoms with E-state index in [1.807, 2.05) is 37.3 Å². The first kappa shape index (κ1) is 16.0. The lowest BCUT2D eigenvalue weighted by Gasteiger charge is -2.40. The highest BCUT2D eigenvalue weighted by Gasteiger charge is 2.38. The van der Waals surface area contributed by atoms with Gasteiger partial charge in [0.1, 0.15) is 0 Å². The molecule has 24 heavy (non-hydrogen) atoms. The van der Waals surface area contributed by atoms with Crippen LogP contribution in [0.4, 0.5) is 0 Å². The van der Waals surface area contributed by atoms with Gasteiger partial charge in [-0.25, -0.2) is 8.42 Å². The molecule has 0 aliphatic carbocycles. The fourth-order valence-electron chi connectivity index (χ4n) is 3.62. The van der Waals surface area contributed by atoms with Crippen LogP contribution < -0.4 is 0 Å². The summed E-state index contributed by atoms with van der Waals surface area (Å²) in [6.45, 7) is 3.95. The van der Waals surface area contributed by atoms with Gasteiger partial charge in [0.05, 0.1) is 30.3 Å². The largest absolute Gasteiger partial charge is 0.373 e. The molecule has 2 atom stereocenters. The molecule has 4 rings (SSSR count). The van der Waals surface area contributed by atoms with Crippen molar-refractivity contribution in [2.45, 2.75) is 30.4 Å². The van der Waals surface area contributed by atoms with E-state index in [2.05, 4.69) is 0 Å². The van der Waals surface area contributed by atoms with Gasteiger partial charge in [-0.1, -0.05) is 30.3 Å². The average molecular weight is 347 g/mol. The van der Waals surface area contributed by atoms with Gasteiger partial charge in [0.15, 0.2) is 0 Å². The van der Waals surface area contributed by atoms with Gasteiger partial charge in [-0.15, -0.1) is 0 Å². The van der Waals surface area contributed by atoms with Gasteiger partial charge in [0.25, 0.3) is 0 Å². The van der Waals surface area contributed by atoms with Crippen LogP contribution in [0.3, 0.4) is 0 Å². The van der Waals surface area contributed by atoms with Crippen LogP contribution in [-0.2, 0) is 19.5 Å². The normalized spacial score (nSPS) is 25.5. The molecule has 2 aliphatic heterocycles. The topological polar surface area (TPSA) is 55.8 Å². The molecule has 2 fully saturated rings. The summed E-state index contributed by atoms with van der Waals surface area (Å²) in [5, 5.41) is 1.76. The zero-order valence-corrected chi connectivity index (χ0v) is 14.5. The molecule has 2 aromatic carbocycles. The molecule has 0 bridgehead atoms. The fourth-order valence-corrected chi connectivity index (χ4v) is 5.28. The number of fused-ring (bicyclic) bond motifs is 2. The molecule has 6 heteroatoms. The van der Waals surface area contributed by atoms with Crippen LogP contribution in [0.25, 0.3) is 10.8 Å². The molecule has 0 saturated carbocycles. The standard InChI is InChI=1S/C18H21NO4S/c1-13-6-7-18(15-5-3-2-4-14(13)15)24(20,21)19-9-8-16-17(12-19)23-11-10-22-16/h2-7,16-17H,8-12H2,1H3/t16-,17-/m0/s1. The predicted molar refractivity (Wildman–Crippen MR) is 91.5 cm³/mol. The maximum atomic E-state index is 13.2. The van der Waals surface area contributed by atoms with Crippen molar-refractivity contribution in [2.75, 3.05) is 26.3 Å². The Labute approximate surface area is 142 Å². The second-order valence-corrected chi connectivity index (χ2v) is 8.30. The zero-order valence-electron chi connectivity index (χ0n) is 13.6. The van der Waals surface area contributed by atoms with Crippen molar-refractivity contribution in [3.05, 3.63) is 42.0 Å². The van der Waals surface area contributed by atoms with E-state index in [9.17, 15) is 8.42 Å². The van der Waals surface area contributed by atoms with Gasteiger partial charge in [0.2, 0.25) is 10.0 Å². The molecule has 2 aromatic rings. The van der Waals surface area contributed by atoms with E-state index < -0.39 is 10.0 Å². The van der Waals surface area contributed by atoms with Crippen molar-refractivity contribution in [1.82, 2.24) is 4.31 Å². The van der Waals surface area contributed by atoms with Gasteiger partial charge in [-0.05, 0) is 30.4 Å². The number of piperidine rings is 1. The number of hydrogen-bond donors (Lipinski definition) is 0. The number of hydrogen-bond acceptors (Lipinski definition) is 4. The number of nitrogens with zero attached hydrogens (tertiary/aromatic N) is 1. The van der Waals surface area contributed by atoms with Crippen LogP contribution in [-0.4, -0.2) is 51.2 Å². The maximum Gasteiger partial charge on any atom is 0.243 e. The van der Waals surface area contributed by atoms with E-state index in [1.165, 1.54) is 0 Å². The van der Waals surface area contributed by atoms with E-state index in [-0.39, 0.29) is 12.2 Å². The molecule has 0 N–H and O–H groups in total. The summed E-state index contributed by atoms with van der Waals surface area (Å²) in [6, 6.07) is 11.3. The summed E-state index contributed by atoms with van der Waals surface area (Å²) < 4.78 is 39.4. The lowest BCUT2D eigenvalue weighted by molar-refractivity contribution is -0.157. The van der Waals surface area contributed by atoms with E-state index in [0.717, 1.165) is 16.3 Å². The van der Waals surface area contributed by atoms with Gasteiger partial charge in [0, 0.05) is 18.5 Å². The van der Waals surface area contributed by atoms with Crippen molar-refractivity contribution in [3.63, 3.8) is 0 Å². The Morgan fingerprint density at radius 1 is 1.00 bits per heavy atom. The van der Waals surface area contributed by atoms with Crippen LogP contribution in [0.5, 0.6) is 0 Å². The quantitative estimate of drug-likeness (QED) is 0.837. The monoisotopic (exact) mass is 347 g/mol. The summed E-state index contributed by atoms with van der Waals surface area (Å²) in [5.74, 6) is 0. The number of sulfonamides is 1. The summed E-state index contributed by atoms with van der Waals surface area (Å²) >= 11 is 0. The lowest BCUT2D eigenvalue weighted by atomic mass is 10.1. The molecular weight excluding hydrogens is 326 g/mol. The highest BCUT2D eigenvalue weighted by Crippen LogP contribution is 2.31. The van der Waals surface area contributed by atoms with E-state index in [4.69, 9.17) is 9.47 Å². The fraction of sp³-hybridized carbons (Fsp3) is 0.444. The zero-order chi connectivity index (χ0) is 16.7. The lowest BCUT2D eigenvalue weighted by Crippen LogP contribution is -2.53. The molecule has 0 amide bonds. The van der Waals surface area contributed by atoms with Gasteiger partial charge < -0.3 is 9.47 Å². The summed E-state index contributed by atoms with van der Waals surface area (Å²) in [6.07, 6.45) is 0.521. The number of rotatable bonds is 2. The Hall–Kier alpha value is -1.47. The van der Waals surface area contributed by atoms with Crippen LogP contribution in [0.2, 0.25) is 0 Å². The van der Waals surface area contributed by atoms with Crippen LogP contribution >= 0.6 is 0 Å². The smallest absolute Gasteiger partial charge is 0.243 e. The van der Waals surface area contributed by atoms with Crippen molar-refractivity contribution in [3.8, 4) is 0 Å². The molecule has 2 saturated heterocycles. The Balaban J connectivity index is 1.72. The molecule has 0 aromatic heterocycles. The summed E-state index contributed by atoms with van der Waals surface area (Å²) in [5.41, 5.74) is 1.08. The third kappa shape index (κ3) is 2.63. The number of ether oxygens (including phenoxy) is 2. The summed E-state index contributed by atoms with van der Waals surface area (Å²) in [4.78, 5) is 0.374. The summed E-state index contributed by atoms with van der Waals surface area (Å²) in [7, 11) is -3.56. The first-order chi connectivity index (χ1) is 11.6. The van der Waals surface area contributed by atoms with E-state index >= 15 is 0 Å². The van der Waals surface area contributed by atoms with Gasteiger partial charge in [-0.3, -0.25) is 0 Å². The van der Waals surface area contributed by atoms with Crippen molar-refractivity contribution in [1.29, 1.82) is 0 Å². The van der Waals surface area contributed by atoms with Crippen molar-refractivity contribution >= 4 is 20.8 Å². The maximum absolute atomic E-state index is 13.2. The predicted octanol–water partition coefficient (Wildman–Crippen LogP) is 2.33. The first-order valence-corrected chi connectivity index (χ1v) is 9.73. The highest BCUT2D eigenvalue weighted by molar-refractivity contribution is 7.89. The third-order valence-electron chi connectivity index (χ3n) is 4.93. The van der Waals surface area contributed by atoms with Crippen molar-refractivity contribution < 1.29 is 17.9 Å². The van der Waals surface area contributed by atoms with E-state index in [0.29, 0.717) is 37.6 Å². The van der Waals surface area contributed by atoms with Crippen LogP contribution in [0.15, 0.2) is 41.3 Å². The molecular formula is C18H21NO4S. The first-order valence-electron chi connectivity index (χ1n) is 8.29. The van der Waals surface area contributed by atoms with Crippen LogP contribution in [0, 0.1) is 6.92 Å². The second-order valence-electron chi connectivity index (χ2n) is 6.40. The minimum absolute atomic E-state index is 0.0139. The van der Waals surface area contributed by atoms with Gasteiger partial charge >= 0.3 is 0 Å². The molecule has 0 spiro atoms. The van der Waals surface area contributed by atoms with E-state index in [1.54, 1.807) is 10.4 Å².